The number of fused-ring (bicyclic) bond motifs is 8. The fraction of sp³-hybridized carbons (Fsp3) is 0.120. The SMILES string of the molecule is C=C1C(=C)[C@@H]2C[C@H]1c1cc3c(cc12)C(=O)c1cc2ccccc2cc1C3=O. The van der Waals surface area contributed by atoms with E-state index in [0.29, 0.717) is 22.3 Å². The zero-order chi connectivity index (χ0) is 18.4. The van der Waals surface area contributed by atoms with Gasteiger partial charge < -0.3 is 0 Å². The Labute approximate surface area is 156 Å². The van der Waals surface area contributed by atoms with Crippen LogP contribution < -0.4 is 0 Å². The predicted octanol–water partition coefficient (Wildman–Crippen LogP) is 5.31. The first-order valence-corrected chi connectivity index (χ1v) is 9.22. The van der Waals surface area contributed by atoms with E-state index in [-0.39, 0.29) is 23.4 Å². The first-order valence-electron chi connectivity index (χ1n) is 9.22. The molecule has 0 aliphatic heterocycles. The summed E-state index contributed by atoms with van der Waals surface area (Å²) < 4.78 is 0. The number of ketones is 2. The van der Waals surface area contributed by atoms with Crippen LogP contribution in [-0.2, 0) is 0 Å². The van der Waals surface area contributed by atoms with Gasteiger partial charge >= 0.3 is 0 Å². The van der Waals surface area contributed by atoms with Crippen LogP contribution in [0.25, 0.3) is 10.8 Å². The van der Waals surface area contributed by atoms with Crippen LogP contribution in [0.5, 0.6) is 0 Å². The molecule has 27 heavy (non-hydrogen) atoms. The number of benzene rings is 3. The largest absolute Gasteiger partial charge is 0.289 e. The summed E-state index contributed by atoms with van der Waals surface area (Å²) in [6, 6.07) is 15.4. The third-order valence-electron chi connectivity index (χ3n) is 6.56. The summed E-state index contributed by atoms with van der Waals surface area (Å²) in [6.07, 6.45) is 0.967. The molecular formula is C25H16O2. The van der Waals surface area contributed by atoms with Gasteiger partial charge in [0.25, 0.3) is 0 Å². The van der Waals surface area contributed by atoms with Crippen molar-refractivity contribution in [1.82, 2.24) is 0 Å². The molecule has 2 nitrogen and oxygen atoms in total. The van der Waals surface area contributed by atoms with E-state index in [1.54, 1.807) is 0 Å². The minimum atomic E-state index is -0.0552. The van der Waals surface area contributed by atoms with Crippen molar-refractivity contribution in [1.29, 1.82) is 0 Å². The van der Waals surface area contributed by atoms with Crippen LogP contribution in [0.15, 0.2) is 72.8 Å². The highest BCUT2D eigenvalue weighted by Gasteiger charge is 2.44. The van der Waals surface area contributed by atoms with Gasteiger partial charge in [0.05, 0.1) is 0 Å². The van der Waals surface area contributed by atoms with Crippen molar-refractivity contribution in [3.8, 4) is 0 Å². The van der Waals surface area contributed by atoms with Crippen molar-refractivity contribution >= 4 is 22.3 Å². The van der Waals surface area contributed by atoms with Crippen molar-refractivity contribution in [2.45, 2.75) is 18.3 Å². The Morgan fingerprint density at radius 3 is 1.52 bits per heavy atom. The monoisotopic (exact) mass is 348 g/mol. The number of carbonyl (C=O) groups is 2. The van der Waals surface area contributed by atoms with Crippen LogP contribution in [0.2, 0.25) is 0 Å². The average Bonchev–Trinajstić information content (AvgIpc) is 3.20. The molecule has 0 spiro atoms. The molecule has 0 unspecified atom stereocenters. The number of hydrogen-bond donors (Lipinski definition) is 0. The van der Waals surface area contributed by atoms with E-state index in [2.05, 4.69) is 13.2 Å². The summed E-state index contributed by atoms with van der Waals surface area (Å²) in [4.78, 5) is 26.5. The molecule has 0 heterocycles. The van der Waals surface area contributed by atoms with Gasteiger partial charge in [0.1, 0.15) is 0 Å². The molecule has 0 aromatic heterocycles. The van der Waals surface area contributed by atoms with Crippen LogP contribution in [-0.4, -0.2) is 11.6 Å². The quantitative estimate of drug-likeness (QED) is 0.431. The number of hydrogen-bond acceptors (Lipinski definition) is 2. The Morgan fingerprint density at radius 1 is 0.667 bits per heavy atom. The van der Waals surface area contributed by atoms with Crippen molar-refractivity contribution in [2.75, 3.05) is 0 Å². The summed E-state index contributed by atoms with van der Waals surface area (Å²) in [5.41, 5.74) is 6.56. The number of carbonyl (C=O) groups excluding carboxylic acids is 2. The molecule has 2 bridgehead atoms. The van der Waals surface area contributed by atoms with Gasteiger partial charge in [0.2, 0.25) is 0 Å². The highest BCUT2D eigenvalue weighted by Crippen LogP contribution is 2.58. The molecule has 3 aromatic carbocycles. The van der Waals surface area contributed by atoms with E-state index in [1.807, 2.05) is 48.5 Å². The zero-order valence-electron chi connectivity index (χ0n) is 14.7. The Morgan fingerprint density at radius 2 is 1.07 bits per heavy atom. The molecule has 0 amide bonds. The lowest BCUT2D eigenvalue weighted by Gasteiger charge is -2.24. The zero-order valence-corrected chi connectivity index (χ0v) is 14.7. The van der Waals surface area contributed by atoms with Gasteiger partial charge in [-0.05, 0) is 63.7 Å². The minimum absolute atomic E-state index is 0.0552. The maximum absolute atomic E-state index is 13.3. The normalized spacial score (nSPS) is 22.2. The average molecular weight is 348 g/mol. The van der Waals surface area contributed by atoms with Gasteiger partial charge in [0.15, 0.2) is 11.6 Å². The van der Waals surface area contributed by atoms with Crippen LogP contribution >= 0.6 is 0 Å². The third kappa shape index (κ3) is 1.71. The van der Waals surface area contributed by atoms with Crippen LogP contribution in [0.3, 0.4) is 0 Å². The van der Waals surface area contributed by atoms with Crippen LogP contribution in [0, 0.1) is 0 Å². The molecule has 2 atom stereocenters. The standard InChI is InChI=1S/C25H16O2/c1-12-13(2)17-9-16(12)18-10-22-23(11-19(17)18)25(27)21-8-15-6-4-3-5-14(15)7-20(21)24(22)26/h3-8,10-11,16-17H,1-2,9H2/t16-,17+. The summed E-state index contributed by atoms with van der Waals surface area (Å²) in [7, 11) is 0. The lowest BCUT2D eigenvalue weighted by atomic mass is 9.77. The highest BCUT2D eigenvalue weighted by atomic mass is 16.1. The molecule has 3 aliphatic carbocycles. The summed E-state index contributed by atoms with van der Waals surface area (Å²) in [5.74, 6) is 0.369. The van der Waals surface area contributed by atoms with Gasteiger partial charge in [-0.15, -0.1) is 0 Å². The first kappa shape index (κ1) is 14.9. The molecule has 1 fully saturated rings. The maximum Gasteiger partial charge on any atom is 0.194 e. The van der Waals surface area contributed by atoms with E-state index < -0.39 is 0 Å². The molecule has 6 rings (SSSR count). The van der Waals surface area contributed by atoms with Crippen LogP contribution in [0.1, 0.15) is 61.2 Å². The summed E-state index contributed by atoms with van der Waals surface area (Å²) in [6.45, 7) is 8.36. The van der Waals surface area contributed by atoms with Gasteiger partial charge in [-0.3, -0.25) is 9.59 Å². The van der Waals surface area contributed by atoms with E-state index in [1.165, 1.54) is 0 Å². The number of rotatable bonds is 0. The third-order valence-corrected chi connectivity index (χ3v) is 6.56. The molecule has 1 saturated carbocycles. The van der Waals surface area contributed by atoms with Crippen LogP contribution in [0.4, 0.5) is 0 Å². The molecule has 0 saturated heterocycles. The lowest BCUT2D eigenvalue weighted by molar-refractivity contribution is 0.0979. The maximum atomic E-state index is 13.3. The fourth-order valence-electron chi connectivity index (χ4n) is 5.12. The molecule has 0 radical (unpaired) electrons. The highest BCUT2D eigenvalue weighted by molar-refractivity contribution is 6.29. The Kier molecular flexibility index (Phi) is 2.60. The van der Waals surface area contributed by atoms with Crippen molar-refractivity contribution in [2.24, 2.45) is 0 Å². The smallest absolute Gasteiger partial charge is 0.194 e. The van der Waals surface area contributed by atoms with Crippen molar-refractivity contribution < 1.29 is 9.59 Å². The van der Waals surface area contributed by atoms with Crippen molar-refractivity contribution in [3.05, 3.63) is 106 Å². The van der Waals surface area contributed by atoms with Gasteiger partial charge in [-0.25, -0.2) is 0 Å². The second-order valence-corrected chi connectivity index (χ2v) is 7.82. The second kappa shape index (κ2) is 4.72. The van der Waals surface area contributed by atoms with E-state index in [9.17, 15) is 9.59 Å². The first-order chi connectivity index (χ1) is 13.0. The second-order valence-electron chi connectivity index (χ2n) is 7.82. The van der Waals surface area contributed by atoms with E-state index >= 15 is 0 Å². The Bertz CT molecular complexity index is 1180. The van der Waals surface area contributed by atoms with Crippen molar-refractivity contribution in [3.63, 3.8) is 0 Å². The minimum Gasteiger partial charge on any atom is -0.289 e. The molecule has 128 valence electrons. The Hall–Kier alpha value is -3.26. The van der Waals surface area contributed by atoms with E-state index in [4.69, 9.17) is 0 Å². The molecule has 3 aromatic rings. The topological polar surface area (TPSA) is 34.1 Å². The summed E-state index contributed by atoms with van der Waals surface area (Å²) in [5, 5.41) is 1.96. The summed E-state index contributed by atoms with van der Waals surface area (Å²) >= 11 is 0. The Balaban J connectivity index is 1.61. The molecule has 2 heteroatoms. The van der Waals surface area contributed by atoms with Gasteiger partial charge in [0, 0.05) is 34.1 Å². The molecule has 0 N–H and O–H groups in total. The van der Waals surface area contributed by atoms with E-state index in [0.717, 1.165) is 39.5 Å². The van der Waals surface area contributed by atoms with Gasteiger partial charge in [-0.2, -0.15) is 0 Å². The fourth-order valence-corrected chi connectivity index (χ4v) is 5.12. The van der Waals surface area contributed by atoms with Gasteiger partial charge in [-0.1, -0.05) is 37.4 Å². The molecular weight excluding hydrogens is 332 g/mol. The molecule has 3 aliphatic rings. The predicted molar refractivity (Wildman–Crippen MR) is 106 cm³/mol. The lowest BCUT2D eigenvalue weighted by Crippen LogP contribution is -2.22. The number of allylic oxidation sites excluding steroid dienone is 2.